The standard InChI is InChI=1S/C26H32FN/c1-23(13-5-3-6-17-25-18-7-4-8-19-25)15-11-20-26(27)21-12-16-24(2)14-9-10-22-28/h4,7-8,13,16,18-20H,3,5,9-12,14-15,21H2,1-2H3/b23-13+,24-16+,26-20-. The highest BCUT2D eigenvalue weighted by atomic mass is 19.1. The number of rotatable bonds is 11. The first-order chi connectivity index (χ1) is 13.6. The van der Waals surface area contributed by atoms with Gasteiger partial charge in [0.1, 0.15) is 0 Å². The third-order valence-corrected chi connectivity index (χ3v) is 4.41. The maximum atomic E-state index is 13.9. The first-order valence-corrected chi connectivity index (χ1v) is 10.2. The molecular weight excluding hydrogens is 345 g/mol. The number of benzene rings is 1. The van der Waals surface area contributed by atoms with Gasteiger partial charge >= 0.3 is 0 Å². The summed E-state index contributed by atoms with van der Waals surface area (Å²) in [4.78, 5) is 0. The quantitative estimate of drug-likeness (QED) is 0.219. The van der Waals surface area contributed by atoms with E-state index in [9.17, 15) is 4.39 Å². The molecule has 0 spiro atoms. The Morgan fingerprint density at radius 1 is 0.893 bits per heavy atom. The van der Waals surface area contributed by atoms with Crippen molar-refractivity contribution in [2.45, 2.75) is 71.6 Å². The van der Waals surface area contributed by atoms with Crippen LogP contribution in [0.5, 0.6) is 0 Å². The molecule has 0 saturated carbocycles. The predicted molar refractivity (Wildman–Crippen MR) is 117 cm³/mol. The fourth-order valence-electron chi connectivity index (χ4n) is 2.74. The van der Waals surface area contributed by atoms with Crippen LogP contribution in [0.25, 0.3) is 0 Å². The van der Waals surface area contributed by atoms with Gasteiger partial charge in [-0.25, -0.2) is 4.39 Å². The molecule has 0 aliphatic rings. The molecule has 0 heterocycles. The van der Waals surface area contributed by atoms with Crippen molar-refractivity contribution < 1.29 is 4.39 Å². The van der Waals surface area contributed by atoms with E-state index in [2.05, 4.69) is 43.9 Å². The molecule has 148 valence electrons. The van der Waals surface area contributed by atoms with Crippen LogP contribution in [-0.4, -0.2) is 0 Å². The number of nitriles is 1. The lowest BCUT2D eigenvalue weighted by molar-refractivity contribution is 0.584. The van der Waals surface area contributed by atoms with Gasteiger partial charge in [0.15, 0.2) is 0 Å². The van der Waals surface area contributed by atoms with Crippen LogP contribution in [0.3, 0.4) is 0 Å². The fourth-order valence-corrected chi connectivity index (χ4v) is 2.74. The molecule has 0 amide bonds. The van der Waals surface area contributed by atoms with Crippen molar-refractivity contribution in [3.63, 3.8) is 0 Å². The summed E-state index contributed by atoms with van der Waals surface area (Å²) in [5, 5.41) is 8.53. The summed E-state index contributed by atoms with van der Waals surface area (Å²) in [6.45, 7) is 4.15. The molecule has 1 aromatic rings. The summed E-state index contributed by atoms with van der Waals surface area (Å²) in [5.74, 6) is 6.33. The Morgan fingerprint density at radius 3 is 2.32 bits per heavy atom. The molecule has 0 aliphatic heterocycles. The minimum atomic E-state index is -0.0254. The molecule has 0 atom stereocenters. The van der Waals surface area contributed by atoms with Gasteiger partial charge in [0, 0.05) is 24.8 Å². The summed E-state index contributed by atoms with van der Waals surface area (Å²) >= 11 is 0. The van der Waals surface area contributed by atoms with Gasteiger partial charge in [-0.05, 0) is 64.5 Å². The second-order valence-electron chi connectivity index (χ2n) is 7.05. The number of halogens is 1. The van der Waals surface area contributed by atoms with Crippen LogP contribution in [0.4, 0.5) is 4.39 Å². The fraction of sp³-hybridized carbons (Fsp3) is 0.423. The zero-order chi connectivity index (χ0) is 20.5. The molecule has 0 N–H and O–H groups in total. The monoisotopic (exact) mass is 377 g/mol. The predicted octanol–water partition coefficient (Wildman–Crippen LogP) is 7.82. The molecule has 1 rings (SSSR count). The highest BCUT2D eigenvalue weighted by Crippen LogP contribution is 2.15. The van der Waals surface area contributed by atoms with E-state index < -0.39 is 0 Å². The van der Waals surface area contributed by atoms with E-state index >= 15 is 0 Å². The molecule has 0 unspecified atom stereocenters. The molecule has 0 aliphatic carbocycles. The Kier molecular flexibility index (Phi) is 13.0. The Morgan fingerprint density at radius 2 is 1.57 bits per heavy atom. The Hall–Kier alpha value is -2.58. The molecule has 0 fully saturated rings. The van der Waals surface area contributed by atoms with Crippen molar-refractivity contribution in [3.05, 3.63) is 71.1 Å². The summed E-state index contributed by atoms with van der Waals surface area (Å²) in [6.07, 6.45) is 13.0. The van der Waals surface area contributed by atoms with Gasteiger partial charge in [-0.1, -0.05) is 59.4 Å². The van der Waals surface area contributed by atoms with Crippen molar-refractivity contribution in [1.29, 1.82) is 5.26 Å². The van der Waals surface area contributed by atoms with Crippen molar-refractivity contribution >= 4 is 0 Å². The molecule has 0 aromatic heterocycles. The van der Waals surface area contributed by atoms with Gasteiger partial charge in [0.05, 0.1) is 11.9 Å². The smallest absolute Gasteiger partial charge is 0.0963 e. The summed E-state index contributed by atoms with van der Waals surface area (Å²) < 4.78 is 13.9. The van der Waals surface area contributed by atoms with Crippen molar-refractivity contribution in [2.24, 2.45) is 0 Å². The van der Waals surface area contributed by atoms with Crippen molar-refractivity contribution in [2.75, 3.05) is 0 Å². The molecule has 0 bridgehead atoms. The Bertz CT molecular complexity index is 751. The molecule has 0 saturated heterocycles. The van der Waals surface area contributed by atoms with E-state index in [4.69, 9.17) is 5.26 Å². The van der Waals surface area contributed by atoms with E-state index in [0.29, 0.717) is 12.8 Å². The average molecular weight is 378 g/mol. The lowest BCUT2D eigenvalue weighted by Gasteiger charge is -2.00. The van der Waals surface area contributed by atoms with E-state index in [1.165, 1.54) is 11.1 Å². The van der Waals surface area contributed by atoms with Crippen LogP contribution in [0.1, 0.15) is 77.2 Å². The SMILES string of the molecule is C/C(=C\CCC#Cc1ccccc1)CC/C=C(\F)CC/C=C(\C)CCCC#N. The van der Waals surface area contributed by atoms with Gasteiger partial charge in [0.2, 0.25) is 0 Å². The molecule has 0 radical (unpaired) electrons. The number of nitrogens with zero attached hydrogens (tertiary/aromatic N) is 1. The maximum absolute atomic E-state index is 13.9. The normalized spacial score (nSPS) is 12.3. The van der Waals surface area contributed by atoms with E-state index in [1.807, 2.05) is 30.3 Å². The molecule has 28 heavy (non-hydrogen) atoms. The maximum Gasteiger partial charge on any atom is 0.0963 e. The van der Waals surface area contributed by atoms with Crippen LogP contribution in [0, 0.1) is 23.2 Å². The van der Waals surface area contributed by atoms with Crippen molar-refractivity contribution in [1.82, 2.24) is 0 Å². The number of hydrogen-bond acceptors (Lipinski definition) is 1. The minimum Gasteiger partial charge on any atom is -0.212 e. The summed E-state index contributed by atoms with van der Waals surface area (Å²) in [7, 11) is 0. The van der Waals surface area contributed by atoms with E-state index in [0.717, 1.165) is 50.5 Å². The van der Waals surface area contributed by atoms with Crippen molar-refractivity contribution in [3.8, 4) is 17.9 Å². The second-order valence-corrected chi connectivity index (χ2v) is 7.05. The Labute approximate surface area is 170 Å². The lowest BCUT2D eigenvalue weighted by atomic mass is 10.1. The highest BCUT2D eigenvalue weighted by molar-refractivity contribution is 5.33. The third-order valence-electron chi connectivity index (χ3n) is 4.41. The van der Waals surface area contributed by atoms with Gasteiger partial charge < -0.3 is 0 Å². The van der Waals surface area contributed by atoms with E-state index in [-0.39, 0.29) is 5.83 Å². The Balaban J connectivity index is 2.20. The first kappa shape index (κ1) is 23.5. The average Bonchev–Trinajstić information content (AvgIpc) is 2.69. The van der Waals surface area contributed by atoms with Crippen LogP contribution < -0.4 is 0 Å². The largest absolute Gasteiger partial charge is 0.212 e. The molecular formula is C26H32FN. The van der Waals surface area contributed by atoms with Crippen LogP contribution >= 0.6 is 0 Å². The number of unbranched alkanes of at least 4 members (excludes halogenated alkanes) is 2. The molecule has 1 nitrogen and oxygen atoms in total. The van der Waals surface area contributed by atoms with Gasteiger partial charge in [-0.15, -0.1) is 0 Å². The lowest BCUT2D eigenvalue weighted by Crippen LogP contribution is -1.82. The van der Waals surface area contributed by atoms with Crippen LogP contribution in [-0.2, 0) is 0 Å². The third kappa shape index (κ3) is 12.7. The summed E-state index contributed by atoms with van der Waals surface area (Å²) in [5.41, 5.74) is 3.59. The zero-order valence-electron chi connectivity index (χ0n) is 17.3. The number of allylic oxidation sites excluding steroid dienone is 6. The first-order valence-electron chi connectivity index (χ1n) is 10.2. The zero-order valence-corrected chi connectivity index (χ0v) is 17.3. The topological polar surface area (TPSA) is 23.8 Å². The van der Waals surface area contributed by atoms with Gasteiger partial charge in [-0.3, -0.25) is 0 Å². The molecule has 2 heteroatoms. The summed E-state index contributed by atoms with van der Waals surface area (Å²) in [6, 6.07) is 12.2. The van der Waals surface area contributed by atoms with E-state index in [1.54, 1.807) is 6.08 Å². The van der Waals surface area contributed by atoms with Gasteiger partial charge in [-0.2, -0.15) is 5.26 Å². The highest BCUT2D eigenvalue weighted by Gasteiger charge is 1.96. The minimum absolute atomic E-state index is 0.0254. The van der Waals surface area contributed by atoms with Gasteiger partial charge in [0.25, 0.3) is 0 Å². The van der Waals surface area contributed by atoms with Crippen LogP contribution in [0.15, 0.2) is 65.5 Å². The second kappa shape index (κ2) is 15.5. The van der Waals surface area contributed by atoms with Crippen LogP contribution in [0.2, 0.25) is 0 Å². The molecule has 1 aromatic carbocycles. The number of hydrogen-bond donors (Lipinski definition) is 0.